The quantitative estimate of drug-likeness (QED) is 0.567. The number of hydrogen-bond donors (Lipinski definition) is 0. The predicted molar refractivity (Wildman–Crippen MR) is 68.1 cm³/mol. The van der Waals surface area contributed by atoms with Gasteiger partial charge in [0.05, 0.1) is 0 Å². The van der Waals surface area contributed by atoms with Crippen molar-refractivity contribution in [3.05, 3.63) is 63.7 Å². The van der Waals surface area contributed by atoms with E-state index in [4.69, 9.17) is 0 Å². The first kappa shape index (κ1) is 10.7. The number of benzene rings is 2. The second kappa shape index (κ2) is 3.77. The first-order valence-corrected chi connectivity index (χ1v) is 5.55. The Morgan fingerprint density at radius 1 is 1.11 bits per heavy atom. The highest BCUT2D eigenvalue weighted by atomic mass is 16.6. The van der Waals surface area contributed by atoms with Crippen molar-refractivity contribution in [2.24, 2.45) is 0 Å². The minimum absolute atomic E-state index is 0.429. The molecule has 1 aliphatic rings. The van der Waals surface area contributed by atoms with Crippen LogP contribution < -0.4 is 0 Å². The van der Waals surface area contributed by atoms with Gasteiger partial charge in [-0.1, -0.05) is 30.3 Å². The molecule has 4 heteroatoms. The average molecular weight is 239 g/mol. The topological polar surface area (TPSA) is 60.2 Å². The largest absolute Gasteiger partial charge is 0.293 e. The molecule has 2 aromatic carbocycles. The average Bonchev–Trinajstić information content (AvgIpc) is 2.37. The summed E-state index contributed by atoms with van der Waals surface area (Å²) in [6.45, 7) is 0. The van der Waals surface area contributed by atoms with Gasteiger partial charge in [-0.25, -0.2) is 0 Å². The molecule has 0 spiro atoms. The molecule has 0 aliphatic heterocycles. The van der Waals surface area contributed by atoms with Gasteiger partial charge in [0.25, 0.3) is 6.04 Å². The molecule has 0 bridgehead atoms. The monoisotopic (exact) mass is 239 g/mol. The van der Waals surface area contributed by atoms with Crippen molar-refractivity contribution in [1.82, 2.24) is 0 Å². The number of Topliss-reactive ketones (excluding diaryl/α,β-unsaturated/α-hetero) is 1. The summed E-state index contributed by atoms with van der Waals surface area (Å²) in [6, 6.07) is 10.0. The molecule has 1 atom stereocenters. The Balaban J connectivity index is 2.23. The van der Waals surface area contributed by atoms with Crippen LogP contribution >= 0.6 is 0 Å². The highest BCUT2D eigenvalue weighted by Gasteiger charge is 2.32. The molecule has 0 saturated carbocycles. The summed E-state index contributed by atoms with van der Waals surface area (Å²) in [5, 5.41) is 12.7. The Kier molecular flexibility index (Phi) is 2.23. The maximum atomic E-state index is 12.0. The number of nitro groups is 1. The molecule has 0 N–H and O–H groups in total. The van der Waals surface area contributed by atoms with E-state index >= 15 is 0 Å². The van der Waals surface area contributed by atoms with Crippen LogP contribution in [0.5, 0.6) is 0 Å². The predicted octanol–water partition coefficient (Wildman–Crippen LogP) is 2.69. The smallest absolute Gasteiger partial charge is 0.286 e. The number of nitrogens with zero attached hydrogens (tertiary/aromatic N) is 1. The summed E-state index contributed by atoms with van der Waals surface area (Å²) in [4.78, 5) is 22.2. The fourth-order valence-electron chi connectivity index (χ4n) is 2.22. The van der Waals surface area contributed by atoms with Crippen molar-refractivity contribution in [3.8, 4) is 0 Å². The molecule has 0 fully saturated rings. The van der Waals surface area contributed by atoms with E-state index in [1.165, 1.54) is 6.08 Å². The highest BCUT2D eigenvalue weighted by molar-refractivity contribution is 6.08. The van der Waals surface area contributed by atoms with E-state index in [0.717, 1.165) is 16.3 Å². The van der Waals surface area contributed by atoms with Crippen molar-refractivity contribution in [2.45, 2.75) is 6.04 Å². The van der Waals surface area contributed by atoms with Gasteiger partial charge in [0.1, 0.15) is 0 Å². The molecule has 4 nitrogen and oxygen atoms in total. The molecule has 2 aromatic rings. The van der Waals surface area contributed by atoms with Gasteiger partial charge in [0, 0.05) is 10.5 Å². The summed E-state index contributed by atoms with van der Waals surface area (Å²) in [6.07, 6.45) is 3.00. The number of ketones is 1. The number of rotatable bonds is 1. The van der Waals surface area contributed by atoms with Gasteiger partial charge in [-0.2, -0.15) is 0 Å². The lowest BCUT2D eigenvalue weighted by molar-refractivity contribution is -0.492. The lowest BCUT2D eigenvalue weighted by atomic mass is 9.90. The SMILES string of the molecule is O=C1c2cc3ccccc3cc2C=CC1[N+](=O)[O-]. The van der Waals surface area contributed by atoms with Gasteiger partial charge >= 0.3 is 0 Å². The Morgan fingerprint density at radius 2 is 1.78 bits per heavy atom. The second-order valence-corrected chi connectivity index (χ2v) is 4.24. The van der Waals surface area contributed by atoms with E-state index < -0.39 is 16.7 Å². The van der Waals surface area contributed by atoms with Crippen LogP contribution in [0.4, 0.5) is 0 Å². The molecule has 1 aliphatic carbocycles. The molecule has 0 aromatic heterocycles. The minimum Gasteiger partial charge on any atom is -0.286 e. The number of carbonyl (C=O) groups excluding carboxylic acids is 1. The molecule has 0 saturated heterocycles. The fourth-order valence-corrected chi connectivity index (χ4v) is 2.22. The molecule has 3 rings (SSSR count). The van der Waals surface area contributed by atoms with Crippen LogP contribution in [0.3, 0.4) is 0 Å². The summed E-state index contributed by atoms with van der Waals surface area (Å²) in [5.74, 6) is -0.441. The third-order valence-electron chi connectivity index (χ3n) is 3.14. The Bertz CT molecular complexity index is 703. The van der Waals surface area contributed by atoms with Crippen LogP contribution in [-0.2, 0) is 0 Å². The zero-order chi connectivity index (χ0) is 12.7. The first-order chi connectivity index (χ1) is 8.66. The van der Waals surface area contributed by atoms with Crippen LogP contribution in [0, 0.1) is 10.1 Å². The van der Waals surface area contributed by atoms with Crippen LogP contribution in [-0.4, -0.2) is 16.7 Å². The Hall–Kier alpha value is -2.49. The van der Waals surface area contributed by atoms with Gasteiger partial charge in [-0.05, 0) is 34.5 Å². The van der Waals surface area contributed by atoms with E-state index in [-0.39, 0.29) is 0 Å². The number of fused-ring (bicyclic) bond motifs is 2. The van der Waals surface area contributed by atoms with Gasteiger partial charge in [-0.3, -0.25) is 14.9 Å². The van der Waals surface area contributed by atoms with Crippen LogP contribution in [0.1, 0.15) is 15.9 Å². The van der Waals surface area contributed by atoms with Crippen LogP contribution in [0.15, 0.2) is 42.5 Å². The van der Waals surface area contributed by atoms with Crippen molar-refractivity contribution >= 4 is 22.6 Å². The third-order valence-corrected chi connectivity index (χ3v) is 3.14. The number of hydrogen-bond acceptors (Lipinski definition) is 3. The molecular formula is C14H9NO3. The van der Waals surface area contributed by atoms with Crippen LogP contribution in [0.25, 0.3) is 16.8 Å². The van der Waals surface area contributed by atoms with Crippen LogP contribution in [0.2, 0.25) is 0 Å². The van der Waals surface area contributed by atoms with Crippen molar-refractivity contribution in [2.75, 3.05) is 0 Å². The van der Waals surface area contributed by atoms with E-state index in [1.807, 2.05) is 30.3 Å². The maximum Gasteiger partial charge on any atom is 0.293 e. The third kappa shape index (κ3) is 1.50. The van der Waals surface area contributed by atoms with Crippen molar-refractivity contribution in [3.63, 3.8) is 0 Å². The molecule has 18 heavy (non-hydrogen) atoms. The minimum atomic E-state index is -1.25. The maximum absolute atomic E-state index is 12.0. The van der Waals surface area contributed by atoms with E-state index in [1.54, 1.807) is 12.1 Å². The molecule has 1 unspecified atom stereocenters. The summed E-state index contributed by atoms with van der Waals surface area (Å²) in [7, 11) is 0. The standard InChI is InChI=1S/C14H9NO3/c16-14-12-8-10-4-2-1-3-9(10)7-11(12)5-6-13(14)15(17)18/h1-8,13H. The lowest BCUT2D eigenvalue weighted by Gasteiger charge is -2.13. The Morgan fingerprint density at radius 3 is 2.44 bits per heavy atom. The van der Waals surface area contributed by atoms with Crippen molar-refractivity contribution in [1.29, 1.82) is 0 Å². The number of carbonyl (C=O) groups is 1. The Labute approximate surface area is 103 Å². The lowest BCUT2D eigenvalue weighted by Crippen LogP contribution is -2.30. The van der Waals surface area contributed by atoms with E-state index in [9.17, 15) is 14.9 Å². The molecule has 0 amide bonds. The van der Waals surface area contributed by atoms with Gasteiger partial charge < -0.3 is 0 Å². The zero-order valence-electron chi connectivity index (χ0n) is 9.37. The molecule has 88 valence electrons. The van der Waals surface area contributed by atoms with Crippen molar-refractivity contribution < 1.29 is 9.72 Å². The second-order valence-electron chi connectivity index (χ2n) is 4.24. The normalized spacial score (nSPS) is 17.8. The van der Waals surface area contributed by atoms with Gasteiger partial charge in [-0.15, -0.1) is 0 Å². The summed E-state index contributed by atoms with van der Waals surface area (Å²) < 4.78 is 0. The van der Waals surface area contributed by atoms with E-state index in [2.05, 4.69) is 0 Å². The first-order valence-electron chi connectivity index (χ1n) is 5.55. The van der Waals surface area contributed by atoms with Gasteiger partial charge in [0.2, 0.25) is 5.78 Å². The zero-order valence-corrected chi connectivity index (χ0v) is 9.37. The molecular weight excluding hydrogens is 230 g/mol. The molecule has 0 heterocycles. The molecule has 0 radical (unpaired) electrons. The fraction of sp³-hybridized carbons (Fsp3) is 0.0714. The van der Waals surface area contributed by atoms with Gasteiger partial charge in [0.15, 0.2) is 0 Å². The summed E-state index contributed by atoms with van der Waals surface area (Å²) in [5.41, 5.74) is 1.18. The highest BCUT2D eigenvalue weighted by Crippen LogP contribution is 2.26. The van der Waals surface area contributed by atoms with E-state index in [0.29, 0.717) is 5.56 Å². The summed E-state index contributed by atoms with van der Waals surface area (Å²) >= 11 is 0.